The summed E-state index contributed by atoms with van der Waals surface area (Å²) in [6, 6.07) is 19.7. The Morgan fingerprint density at radius 3 is 2.56 bits per heavy atom. The number of hydrogen-bond donors (Lipinski definition) is 2. The van der Waals surface area contributed by atoms with Crippen molar-refractivity contribution in [3.63, 3.8) is 0 Å². The van der Waals surface area contributed by atoms with Crippen molar-refractivity contribution in [2.24, 2.45) is 0 Å². The predicted octanol–water partition coefficient (Wildman–Crippen LogP) is 6.04. The normalized spacial score (nSPS) is 15.5. The smallest absolute Gasteiger partial charge is 0.416 e. The van der Waals surface area contributed by atoms with Crippen LogP contribution in [0.3, 0.4) is 0 Å². The van der Waals surface area contributed by atoms with Gasteiger partial charge in [-0.05, 0) is 72.1 Å². The highest BCUT2D eigenvalue weighted by Crippen LogP contribution is 2.40. The Morgan fingerprint density at radius 2 is 1.80 bits per heavy atom. The first-order valence-electron chi connectivity index (χ1n) is 13.2. The van der Waals surface area contributed by atoms with Gasteiger partial charge in [0, 0.05) is 45.8 Å². The van der Waals surface area contributed by atoms with Crippen molar-refractivity contribution in [2.45, 2.75) is 31.5 Å². The molecule has 2 atom stereocenters. The molecular formula is C30H27Cl2N5O4. The van der Waals surface area contributed by atoms with Crippen LogP contribution < -0.4 is 9.47 Å². The summed E-state index contributed by atoms with van der Waals surface area (Å²) in [4.78, 5) is 18.7. The average molecular weight is 592 g/mol. The molecule has 2 unspecified atom stereocenters. The van der Waals surface area contributed by atoms with Crippen molar-refractivity contribution in [2.75, 3.05) is 13.2 Å². The van der Waals surface area contributed by atoms with Gasteiger partial charge in [0.25, 0.3) is 0 Å². The fraction of sp³-hybridized carbons (Fsp3) is 0.233. The fourth-order valence-electron chi connectivity index (χ4n) is 5.16. The van der Waals surface area contributed by atoms with E-state index in [0.717, 1.165) is 27.7 Å². The van der Waals surface area contributed by atoms with Crippen molar-refractivity contribution in [3.05, 3.63) is 106 Å². The van der Waals surface area contributed by atoms with Gasteiger partial charge in [0.15, 0.2) is 0 Å². The highest BCUT2D eigenvalue weighted by atomic mass is 35.5. The van der Waals surface area contributed by atoms with Crippen molar-refractivity contribution in [1.29, 1.82) is 0 Å². The Bertz CT molecular complexity index is 1640. The number of nitrogens with one attached hydrogen (secondary N) is 1. The largest absolute Gasteiger partial charge is 0.493 e. The van der Waals surface area contributed by atoms with Crippen molar-refractivity contribution < 1.29 is 19.4 Å². The lowest BCUT2D eigenvalue weighted by atomic mass is 9.92. The zero-order chi connectivity index (χ0) is 28.3. The minimum atomic E-state index is -0.604. The predicted molar refractivity (Wildman–Crippen MR) is 156 cm³/mol. The van der Waals surface area contributed by atoms with E-state index in [1.165, 1.54) is 0 Å². The Labute approximate surface area is 246 Å². The first-order chi connectivity index (χ1) is 19.9. The van der Waals surface area contributed by atoms with Crippen molar-refractivity contribution >= 4 is 40.2 Å². The van der Waals surface area contributed by atoms with Crippen LogP contribution in [0.5, 0.6) is 11.5 Å². The van der Waals surface area contributed by atoms with Crippen molar-refractivity contribution in [1.82, 2.24) is 24.9 Å². The maximum Gasteiger partial charge on any atom is 0.416 e. The molecule has 2 aromatic heterocycles. The minimum Gasteiger partial charge on any atom is -0.493 e. The van der Waals surface area contributed by atoms with E-state index < -0.39 is 18.2 Å². The molecule has 5 aromatic rings. The van der Waals surface area contributed by atoms with Crippen LogP contribution in [-0.4, -0.2) is 55.3 Å². The molecule has 0 saturated heterocycles. The monoisotopic (exact) mass is 591 g/mol. The maximum atomic E-state index is 13.5. The third-order valence-corrected chi connectivity index (χ3v) is 7.61. The number of carbonyl (C=O) groups excluding carboxylic acids is 1. The molecule has 11 heteroatoms. The second kappa shape index (κ2) is 11.8. The molecule has 0 radical (unpaired) electrons. The zero-order valence-corrected chi connectivity index (χ0v) is 23.4. The summed E-state index contributed by atoms with van der Waals surface area (Å²) in [6.07, 6.45) is 3.31. The van der Waals surface area contributed by atoms with Crippen molar-refractivity contribution in [3.8, 4) is 11.5 Å². The van der Waals surface area contributed by atoms with Gasteiger partial charge in [0.2, 0.25) is 0 Å². The van der Waals surface area contributed by atoms with Gasteiger partial charge in [-0.2, -0.15) is 0 Å². The minimum absolute atomic E-state index is 0.338. The number of nitrogens with zero attached hydrogens (tertiary/aromatic N) is 4. The van der Waals surface area contributed by atoms with E-state index in [1.54, 1.807) is 46.2 Å². The van der Waals surface area contributed by atoms with Gasteiger partial charge in [0.1, 0.15) is 17.5 Å². The molecule has 0 bridgehead atoms. The average Bonchev–Trinajstić information content (AvgIpc) is 3.61. The van der Waals surface area contributed by atoms with Crippen LogP contribution in [0.4, 0.5) is 4.79 Å². The molecule has 3 heterocycles. The molecule has 0 saturated carbocycles. The quantitative estimate of drug-likeness (QED) is 0.228. The Hall–Kier alpha value is -4.05. The SMILES string of the molecule is O=C(Oc1ccc(Cl)cc1)N1CCc2c([nH]c3ccc(Cl)cc23)C1c1ccc(OCCC(O)Cn2ccnn2)cc1. The van der Waals surface area contributed by atoms with E-state index in [0.29, 0.717) is 54.1 Å². The van der Waals surface area contributed by atoms with Crippen LogP contribution in [-0.2, 0) is 13.0 Å². The molecule has 0 fully saturated rings. The molecule has 9 nitrogen and oxygen atoms in total. The molecule has 1 aliphatic rings. The summed E-state index contributed by atoms with van der Waals surface area (Å²) in [5.74, 6) is 1.08. The topological polar surface area (TPSA) is 106 Å². The van der Waals surface area contributed by atoms with Crippen LogP contribution in [0, 0.1) is 0 Å². The fourth-order valence-corrected chi connectivity index (χ4v) is 5.46. The van der Waals surface area contributed by atoms with Crippen LogP contribution in [0.25, 0.3) is 10.9 Å². The number of aliphatic hydroxyl groups is 1. The van der Waals surface area contributed by atoms with E-state index in [-0.39, 0.29) is 0 Å². The number of aliphatic hydroxyl groups excluding tert-OH is 1. The number of halogens is 2. The molecule has 210 valence electrons. The van der Waals surface area contributed by atoms with Crippen LogP contribution in [0.1, 0.15) is 29.3 Å². The molecule has 6 rings (SSSR count). The van der Waals surface area contributed by atoms with E-state index in [1.807, 2.05) is 42.5 Å². The summed E-state index contributed by atoms with van der Waals surface area (Å²) in [7, 11) is 0. The lowest BCUT2D eigenvalue weighted by Crippen LogP contribution is -2.42. The number of fused-ring (bicyclic) bond motifs is 3. The lowest BCUT2D eigenvalue weighted by Gasteiger charge is -2.35. The standard InChI is InChI=1S/C30H27Cl2N5O4/c31-20-3-8-24(9-4-20)41-30(39)37-14-11-25-26-17-21(32)5-10-27(26)34-28(25)29(37)19-1-6-23(7-2-19)40-16-12-22(38)18-36-15-13-33-35-36/h1-10,13,15,17,22,29,34,38H,11-12,14,16,18H2. The van der Waals surface area contributed by atoms with Crippen LogP contribution in [0.2, 0.25) is 10.0 Å². The van der Waals surface area contributed by atoms with Gasteiger partial charge in [-0.3, -0.25) is 4.90 Å². The molecule has 3 aromatic carbocycles. The van der Waals surface area contributed by atoms with Crippen LogP contribution >= 0.6 is 23.2 Å². The number of rotatable bonds is 8. The number of hydrogen-bond acceptors (Lipinski definition) is 6. The van der Waals surface area contributed by atoms with E-state index in [4.69, 9.17) is 32.7 Å². The third kappa shape index (κ3) is 6.02. The van der Waals surface area contributed by atoms with Crippen LogP contribution in [0.15, 0.2) is 79.1 Å². The van der Waals surface area contributed by atoms with E-state index >= 15 is 0 Å². The first-order valence-corrected chi connectivity index (χ1v) is 14.0. The Morgan fingerprint density at radius 1 is 1.05 bits per heavy atom. The summed E-state index contributed by atoms with van der Waals surface area (Å²) < 4.78 is 13.2. The number of ether oxygens (including phenoxy) is 2. The Kier molecular flexibility index (Phi) is 7.82. The third-order valence-electron chi connectivity index (χ3n) is 7.13. The molecular weight excluding hydrogens is 565 g/mol. The zero-order valence-electron chi connectivity index (χ0n) is 21.9. The number of benzene rings is 3. The second-order valence-electron chi connectivity index (χ2n) is 9.86. The lowest BCUT2D eigenvalue weighted by molar-refractivity contribution is 0.118. The highest BCUT2D eigenvalue weighted by Gasteiger charge is 2.35. The Balaban J connectivity index is 1.23. The summed E-state index contributed by atoms with van der Waals surface area (Å²) in [5, 5.41) is 20.1. The van der Waals surface area contributed by atoms with E-state index in [2.05, 4.69) is 15.3 Å². The summed E-state index contributed by atoms with van der Waals surface area (Å²) >= 11 is 12.3. The van der Waals surface area contributed by atoms with Gasteiger partial charge in [-0.25, -0.2) is 9.48 Å². The van der Waals surface area contributed by atoms with Gasteiger partial charge >= 0.3 is 6.09 Å². The van der Waals surface area contributed by atoms with Gasteiger partial charge in [-0.15, -0.1) is 5.10 Å². The number of carbonyl (C=O) groups is 1. The molecule has 41 heavy (non-hydrogen) atoms. The maximum absolute atomic E-state index is 13.5. The number of amides is 1. The highest BCUT2D eigenvalue weighted by molar-refractivity contribution is 6.31. The van der Waals surface area contributed by atoms with E-state index in [9.17, 15) is 9.90 Å². The summed E-state index contributed by atoms with van der Waals surface area (Å²) in [5.41, 5.74) is 3.91. The number of aromatic amines is 1. The molecule has 1 aliphatic heterocycles. The molecule has 2 N–H and O–H groups in total. The molecule has 1 amide bonds. The number of H-pyrrole nitrogens is 1. The van der Waals surface area contributed by atoms with Gasteiger partial charge in [-0.1, -0.05) is 40.5 Å². The molecule has 0 aliphatic carbocycles. The molecule has 0 spiro atoms. The second-order valence-corrected chi connectivity index (χ2v) is 10.7. The number of aromatic nitrogens is 4. The first kappa shape index (κ1) is 27.1. The van der Waals surface area contributed by atoms with Gasteiger partial charge in [0.05, 0.1) is 25.5 Å². The summed E-state index contributed by atoms with van der Waals surface area (Å²) in [6.45, 7) is 1.15. The van der Waals surface area contributed by atoms with Gasteiger partial charge < -0.3 is 19.6 Å².